The number of methoxy groups -OCH3 is 1. The second kappa shape index (κ2) is 9.09. The van der Waals surface area contributed by atoms with Gasteiger partial charge in [0.15, 0.2) is 9.84 Å². The Hall–Kier alpha value is -0.270. The summed E-state index contributed by atoms with van der Waals surface area (Å²) in [5.41, 5.74) is 0.471. The van der Waals surface area contributed by atoms with Crippen LogP contribution in [0, 0.1) is 0 Å². The van der Waals surface area contributed by atoms with Crippen molar-refractivity contribution in [1.82, 2.24) is 5.32 Å². The predicted molar refractivity (Wildman–Crippen MR) is 97.6 cm³/mol. The largest absolute Gasteiger partial charge is 0.382 e. The fourth-order valence-electron chi connectivity index (χ4n) is 2.59. The lowest BCUT2D eigenvalue weighted by molar-refractivity contribution is 0.0685. The molecule has 3 N–H and O–H groups in total. The van der Waals surface area contributed by atoms with E-state index >= 15 is 0 Å². The van der Waals surface area contributed by atoms with Crippen molar-refractivity contribution in [2.45, 2.75) is 33.1 Å². The van der Waals surface area contributed by atoms with Gasteiger partial charge in [-0.1, -0.05) is 6.92 Å². The van der Waals surface area contributed by atoms with Gasteiger partial charge in [-0.05, 0) is 19.0 Å². The van der Waals surface area contributed by atoms with Crippen LogP contribution in [0.5, 0.6) is 0 Å². The molecule has 0 aromatic carbocycles. The number of sulfone groups is 1. The molecule has 25 heavy (non-hydrogen) atoms. The summed E-state index contributed by atoms with van der Waals surface area (Å²) in [4.78, 5) is 0. The first-order chi connectivity index (χ1) is 11.2. The summed E-state index contributed by atoms with van der Waals surface area (Å²) in [7, 11) is -6.08. The number of halogens is 1. The van der Waals surface area contributed by atoms with Gasteiger partial charge in [-0.15, -0.1) is 23.7 Å². The third kappa shape index (κ3) is 5.13. The maximum Gasteiger partial charge on any atom is 0.247 e. The first kappa shape index (κ1) is 22.8. The first-order valence-corrected chi connectivity index (χ1v) is 11.3. The van der Waals surface area contributed by atoms with Crippen LogP contribution >= 0.6 is 23.7 Å². The number of primary sulfonamides is 1. The van der Waals surface area contributed by atoms with Crippen LogP contribution in [0.3, 0.4) is 0 Å². The van der Waals surface area contributed by atoms with Gasteiger partial charge < -0.3 is 14.8 Å². The summed E-state index contributed by atoms with van der Waals surface area (Å²) in [5.74, 6) is 0. The molecule has 0 fully saturated rings. The molecule has 1 aromatic rings. The Morgan fingerprint density at radius 1 is 1.40 bits per heavy atom. The number of nitrogens with one attached hydrogen (secondary N) is 1. The van der Waals surface area contributed by atoms with E-state index in [9.17, 15) is 16.8 Å². The Bertz CT molecular complexity index is 778. The first-order valence-electron chi connectivity index (χ1n) is 7.42. The third-order valence-corrected chi connectivity index (χ3v) is 9.01. The van der Waals surface area contributed by atoms with E-state index in [-0.39, 0.29) is 33.5 Å². The fourth-order valence-corrected chi connectivity index (χ4v) is 7.14. The average Bonchev–Trinajstić information content (AvgIpc) is 2.95. The highest BCUT2D eigenvalue weighted by Gasteiger charge is 2.41. The molecule has 0 bridgehead atoms. The molecule has 8 nitrogen and oxygen atoms in total. The van der Waals surface area contributed by atoms with E-state index in [1.54, 1.807) is 0 Å². The molecule has 2 atom stereocenters. The topological polar surface area (TPSA) is 125 Å². The zero-order chi connectivity index (χ0) is 18.0. The van der Waals surface area contributed by atoms with Crippen LogP contribution in [-0.2, 0) is 29.3 Å². The van der Waals surface area contributed by atoms with Crippen molar-refractivity contribution in [3.63, 3.8) is 0 Å². The predicted octanol–water partition coefficient (Wildman–Crippen LogP) is 0.677. The van der Waals surface area contributed by atoms with Crippen molar-refractivity contribution in [3.8, 4) is 0 Å². The lowest BCUT2D eigenvalue weighted by Crippen LogP contribution is -2.37. The lowest BCUT2D eigenvalue weighted by Gasteiger charge is -2.29. The molecule has 0 saturated carbocycles. The molecule has 1 aliphatic rings. The maximum absolute atomic E-state index is 12.8. The number of thiophene rings is 1. The van der Waals surface area contributed by atoms with Crippen LogP contribution in [0.4, 0.5) is 0 Å². The van der Waals surface area contributed by atoms with Gasteiger partial charge in [0.05, 0.1) is 25.1 Å². The van der Waals surface area contributed by atoms with Gasteiger partial charge in [0.25, 0.3) is 0 Å². The van der Waals surface area contributed by atoms with Gasteiger partial charge in [0.1, 0.15) is 8.42 Å². The fraction of sp³-hybridized carbons (Fsp3) is 0.692. The Labute approximate surface area is 158 Å². The van der Waals surface area contributed by atoms with Crippen molar-refractivity contribution in [2.75, 3.05) is 33.5 Å². The van der Waals surface area contributed by atoms with Crippen molar-refractivity contribution in [1.29, 1.82) is 0 Å². The van der Waals surface area contributed by atoms with Crippen molar-refractivity contribution in [2.24, 2.45) is 5.14 Å². The number of ether oxygens (including phenoxy) is 2. The Balaban J connectivity index is 0.00000312. The van der Waals surface area contributed by atoms with Crippen LogP contribution in [0.2, 0.25) is 0 Å². The van der Waals surface area contributed by atoms with E-state index in [1.165, 1.54) is 13.2 Å². The van der Waals surface area contributed by atoms with Crippen LogP contribution in [-0.4, -0.2) is 55.6 Å². The quantitative estimate of drug-likeness (QED) is 0.576. The number of fused-ring (bicyclic) bond motifs is 1. The van der Waals surface area contributed by atoms with Crippen molar-refractivity contribution in [3.05, 3.63) is 11.6 Å². The number of rotatable bonds is 8. The smallest absolute Gasteiger partial charge is 0.247 e. The van der Waals surface area contributed by atoms with E-state index < -0.39 is 25.1 Å². The Morgan fingerprint density at radius 2 is 2.08 bits per heavy atom. The summed E-state index contributed by atoms with van der Waals surface area (Å²) in [6.45, 7) is 3.24. The van der Waals surface area contributed by atoms with Crippen LogP contribution in [0.1, 0.15) is 24.9 Å². The standard InChI is InChI=1S/C13H22N2O6S3.ClH/c1-3-15-11-6-9(8-21-5-4-20-2)23(16,17)13-10(11)7-12(22-13)24(14,18)19;/h7,9,11,15H,3-6,8H2,1-2H3,(H2,14,18,19);1H/t9-,11+;/m0./s1. The van der Waals surface area contributed by atoms with Crippen LogP contribution < -0.4 is 10.5 Å². The molecule has 1 aromatic heterocycles. The second-order valence-electron chi connectivity index (χ2n) is 5.43. The number of hydrogen-bond acceptors (Lipinski definition) is 8. The van der Waals surface area contributed by atoms with Crippen LogP contribution in [0.15, 0.2) is 14.5 Å². The molecule has 0 spiro atoms. The summed E-state index contributed by atoms with van der Waals surface area (Å²) in [6.07, 6.45) is 0.316. The zero-order valence-corrected chi connectivity index (χ0v) is 17.2. The van der Waals surface area contributed by atoms with Crippen molar-refractivity contribution < 1.29 is 26.3 Å². The molecular formula is C13H23ClN2O6S3. The highest BCUT2D eigenvalue weighted by Crippen LogP contribution is 2.42. The number of nitrogens with two attached hydrogens (primary N) is 1. The minimum Gasteiger partial charge on any atom is -0.382 e. The summed E-state index contributed by atoms with van der Waals surface area (Å²) < 4.78 is 58.9. The van der Waals surface area contributed by atoms with Gasteiger partial charge in [-0.2, -0.15) is 0 Å². The van der Waals surface area contributed by atoms with Gasteiger partial charge in [-0.25, -0.2) is 22.0 Å². The third-order valence-electron chi connectivity index (χ3n) is 3.74. The molecule has 12 heteroatoms. The van der Waals surface area contributed by atoms with Gasteiger partial charge in [0, 0.05) is 18.7 Å². The minimum atomic E-state index is -3.95. The molecule has 2 rings (SSSR count). The summed E-state index contributed by atoms with van der Waals surface area (Å²) >= 11 is 0.705. The minimum absolute atomic E-state index is 0. The molecule has 0 aliphatic carbocycles. The van der Waals surface area contributed by atoms with Crippen molar-refractivity contribution >= 4 is 43.6 Å². The van der Waals surface area contributed by atoms with Gasteiger partial charge in [0.2, 0.25) is 10.0 Å². The summed E-state index contributed by atoms with van der Waals surface area (Å²) in [6, 6.07) is 1.11. The monoisotopic (exact) mass is 434 g/mol. The molecule has 0 unspecified atom stereocenters. The SMILES string of the molecule is CCN[C@@H]1C[C@@H](COCCOC)S(=O)(=O)c2sc(S(N)(=O)=O)cc21.Cl. The van der Waals surface area contributed by atoms with Gasteiger partial charge >= 0.3 is 0 Å². The second-order valence-corrected chi connectivity index (χ2v) is 10.7. The molecule has 1 aliphatic heterocycles. The lowest BCUT2D eigenvalue weighted by atomic mass is 10.0. The maximum atomic E-state index is 12.8. The number of sulfonamides is 1. The van der Waals surface area contributed by atoms with E-state index in [4.69, 9.17) is 14.6 Å². The molecule has 2 heterocycles. The van der Waals surface area contributed by atoms with Gasteiger partial charge in [-0.3, -0.25) is 0 Å². The molecule has 146 valence electrons. The van der Waals surface area contributed by atoms with E-state index in [2.05, 4.69) is 5.32 Å². The van der Waals surface area contributed by atoms with E-state index in [0.717, 1.165) is 0 Å². The molecular weight excluding hydrogens is 412 g/mol. The van der Waals surface area contributed by atoms with Crippen LogP contribution in [0.25, 0.3) is 0 Å². The molecule has 0 amide bonds. The van der Waals surface area contributed by atoms with E-state index in [1.807, 2.05) is 6.92 Å². The molecule has 0 radical (unpaired) electrons. The molecule has 0 saturated heterocycles. The van der Waals surface area contributed by atoms with E-state index in [0.29, 0.717) is 43.1 Å². The highest BCUT2D eigenvalue weighted by atomic mass is 35.5. The zero-order valence-electron chi connectivity index (χ0n) is 13.9. The average molecular weight is 435 g/mol. The number of hydrogen-bond donors (Lipinski definition) is 2. The normalized spacial score (nSPS) is 22.2. The Kier molecular flexibility index (Phi) is 8.28. The highest BCUT2D eigenvalue weighted by molar-refractivity contribution is 7.95. The Morgan fingerprint density at radius 3 is 2.64 bits per heavy atom. The summed E-state index contributed by atoms with van der Waals surface area (Å²) in [5, 5.41) is 7.62.